The Morgan fingerprint density at radius 1 is 0.963 bits per heavy atom. The van der Waals surface area contributed by atoms with Gasteiger partial charge in [-0.3, -0.25) is 4.79 Å². The summed E-state index contributed by atoms with van der Waals surface area (Å²) in [5.41, 5.74) is 2.33. The maximum atomic E-state index is 13.0. The molecule has 1 aromatic rings. The highest BCUT2D eigenvalue weighted by Crippen LogP contribution is 2.34. The molecule has 0 aliphatic carbocycles. The first kappa shape index (κ1) is 19.3. The first-order valence-corrected chi connectivity index (χ1v) is 9.43. The minimum absolute atomic E-state index is 0.00194. The Balaban J connectivity index is 1.64. The Kier molecular flexibility index (Phi) is 5.77. The summed E-state index contributed by atoms with van der Waals surface area (Å²) in [6.07, 6.45) is 2.28. The molecule has 7 nitrogen and oxygen atoms in total. The summed E-state index contributed by atoms with van der Waals surface area (Å²) in [5.74, 6) is 1.63. The van der Waals surface area contributed by atoms with Gasteiger partial charge in [0.2, 0.25) is 5.91 Å². The largest absolute Gasteiger partial charge is 0.493 e. The van der Waals surface area contributed by atoms with Gasteiger partial charge in [0.1, 0.15) is 0 Å². The second-order valence-corrected chi connectivity index (χ2v) is 7.42. The maximum Gasteiger partial charge on any atom is 0.319 e. The van der Waals surface area contributed by atoms with Crippen molar-refractivity contribution in [2.24, 2.45) is 5.92 Å². The van der Waals surface area contributed by atoms with Gasteiger partial charge >= 0.3 is 6.03 Å². The van der Waals surface area contributed by atoms with E-state index in [-0.39, 0.29) is 17.9 Å². The van der Waals surface area contributed by atoms with Crippen LogP contribution in [0.2, 0.25) is 0 Å². The van der Waals surface area contributed by atoms with Crippen molar-refractivity contribution in [3.05, 3.63) is 23.3 Å². The van der Waals surface area contributed by atoms with E-state index in [4.69, 9.17) is 9.47 Å². The number of rotatable bonds is 3. The number of fused-ring (bicyclic) bond motifs is 1. The van der Waals surface area contributed by atoms with E-state index in [2.05, 4.69) is 0 Å². The van der Waals surface area contributed by atoms with Crippen LogP contribution in [-0.2, 0) is 17.8 Å². The van der Waals surface area contributed by atoms with E-state index >= 15 is 0 Å². The summed E-state index contributed by atoms with van der Waals surface area (Å²) in [6.45, 7) is 2.61. The van der Waals surface area contributed by atoms with Crippen LogP contribution in [0, 0.1) is 5.92 Å². The van der Waals surface area contributed by atoms with Crippen molar-refractivity contribution >= 4 is 11.9 Å². The smallest absolute Gasteiger partial charge is 0.319 e. The molecule has 1 aromatic carbocycles. The van der Waals surface area contributed by atoms with E-state index in [1.54, 1.807) is 33.2 Å². The molecule has 3 rings (SSSR count). The maximum absolute atomic E-state index is 13.0. The van der Waals surface area contributed by atoms with Gasteiger partial charge in [-0.2, -0.15) is 0 Å². The number of amides is 3. The lowest BCUT2D eigenvalue weighted by molar-refractivity contribution is -0.137. The molecule has 0 radical (unpaired) electrons. The topological polar surface area (TPSA) is 62.3 Å². The molecule has 0 atom stereocenters. The van der Waals surface area contributed by atoms with Gasteiger partial charge in [0.05, 0.1) is 14.2 Å². The second-order valence-electron chi connectivity index (χ2n) is 7.42. The minimum atomic E-state index is -0.00194. The number of nitrogens with zero attached hydrogens (tertiary/aromatic N) is 3. The molecule has 2 aliphatic rings. The lowest BCUT2D eigenvalue weighted by atomic mass is 9.93. The van der Waals surface area contributed by atoms with E-state index in [1.807, 2.05) is 21.9 Å². The third kappa shape index (κ3) is 3.96. The highest BCUT2D eigenvalue weighted by molar-refractivity contribution is 5.80. The van der Waals surface area contributed by atoms with Crippen molar-refractivity contribution in [1.82, 2.24) is 14.7 Å². The summed E-state index contributed by atoms with van der Waals surface area (Å²) in [6, 6.07) is 4.02. The van der Waals surface area contributed by atoms with Gasteiger partial charge in [-0.1, -0.05) is 0 Å². The van der Waals surface area contributed by atoms with Crippen LogP contribution in [0.5, 0.6) is 11.5 Å². The Hall–Kier alpha value is -2.44. The van der Waals surface area contributed by atoms with Crippen LogP contribution in [0.15, 0.2) is 12.1 Å². The molecule has 0 saturated carbocycles. The van der Waals surface area contributed by atoms with Crippen LogP contribution < -0.4 is 9.47 Å². The molecule has 7 heteroatoms. The molecular formula is C20H29N3O4. The molecule has 27 heavy (non-hydrogen) atoms. The van der Waals surface area contributed by atoms with Gasteiger partial charge < -0.3 is 24.2 Å². The first-order chi connectivity index (χ1) is 12.9. The molecule has 3 amide bonds. The number of urea groups is 1. The molecular weight excluding hydrogens is 346 g/mol. The Bertz CT molecular complexity index is 711. The number of methoxy groups -OCH3 is 2. The van der Waals surface area contributed by atoms with Crippen LogP contribution in [-0.4, -0.2) is 74.6 Å². The van der Waals surface area contributed by atoms with Gasteiger partial charge in [0.15, 0.2) is 11.5 Å². The number of benzene rings is 1. The number of carbonyl (C=O) groups is 2. The van der Waals surface area contributed by atoms with Gasteiger partial charge in [0.25, 0.3) is 0 Å². The summed E-state index contributed by atoms with van der Waals surface area (Å²) >= 11 is 0. The number of likely N-dealkylation sites (tertiary alicyclic amines) is 1. The summed E-state index contributed by atoms with van der Waals surface area (Å²) in [7, 11) is 6.77. The third-order valence-corrected chi connectivity index (χ3v) is 5.53. The lowest BCUT2D eigenvalue weighted by Crippen LogP contribution is -2.47. The summed E-state index contributed by atoms with van der Waals surface area (Å²) in [4.78, 5) is 30.4. The van der Waals surface area contributed by atoms with Crippen molar-refractivity contribution in [3.63, 3.8) is 0 Å². The SMILES string of the molecule is COc1cc2c(cc1OC)CN(C(=O)C1CCN(C(=O)N(C)C)CC1)CC2. The first-order valence-electron chi connectivity index (χ1n) is 9.43. The normalized spacial score (nSPS) is 17.3. The zero-order valence-electron chi connectivity index (χ0n) is 16.7. The Morgan fingerprint density at radius 3 is 2.11 bits per heavy atom. The van der Waals surface area contributed by atoms with Gasteiger partial charge in [-0.15, -0.1) is 0 Å². The number of ether oxygens (including phenoxy) is 2. The average molecular weight is 375 g/mol. The fourth-order valence-corrected chi connectivity index (χ4v) is 3.93. The number of hydrogen-bond donors (Lipinski definition) is 0. The van der Waals surface area contributed by atoms with Gasteiger partial charge in [0, 0.05) is 46.2 Å². The Morgan fingerprint density at radius 2 is 1.56 bits per heavy atom. The van der Waals surface area contributed by atoms with Gasteiger partial charge in [-0.05, 0) is 42.5 Å². The monoisotopic (exact) mass is 375 g/mol. The lowest BCUT2D eigenvalue weighted by Gasteiger charge is -2.37. The van der Waals surface area contributed by atoms with Crippen LogP contribution in [0.25, 0.3) is 0 Å². The zero-order chi connectivity index (χ0) is 19.6. The Labute approximate surface area is 160 Å². The molecule has 0 spiro atoms. The number of hydrogen-bond acceptors (Lipinski definition) is 4. The molecule has 0 aromatic heterocycles. The zero-order valence-corrected chi connectivity index (χ0v) is 16.7. The van der Waals surface area contributed by atoms with Crippen molar-refractivity contribution in [1.29, 1.82) is 0 Å². The molecule has 1 saturated heterocycles. The molecule has 2 heterocycles. The fraction of sp³-hybridized carbons (Fsp3) is 0.600. The third-order valence-electron chi connectivity index (χ3n) is 5.53. The van der Waals surface area contributed by atoms with Gasteiger partial charge in [-0.25, -0.2) is 4.79 Å². The predicted octanol–water partition coefficient (Wildman–Crippen LogP) is 1.98. The number of carbonyl (C=O) groups excluding carboxylic acids is 2. The molecule has 148 valence electrons. The standard InChI is InChI=1S/C20H29N3O4/c1-21(2)20(25)22-8-5-14(6-9-22)19(24)23-10-7-15-11-17(26-3)18(27-4)12-16(15)13-23/h11-12,14H,5-10,13H2,1-4H3. The molecule has 0 unspecified atom stereocenters. The average Bonchev–Trinajstić information content (AvgIpc) is 2.71. The van der Waals surface area contributed by atoms with Crippen LogP contribution in [0.1, 0.15) is 24.0 Å². The summed E-state index contributed by atoms with van der Waals surface area (Å²) in [5, 5.41) is 0. The number of piperidine rings is 1. The summed E-state index contributed by atoms with van der Waals surface area (Å²) < 4.78 is 10.8. The second kappa shape index (κ2) is 8.06. The van der Waals surface area contributed by atoms with E-state index in [9.17, 15) is 9.59 Å². The van der Waals surface area contributed by atoms with E-state index in [1.165, 1.54) is 5.56 Å². The van der Waals surface area contributed by atoms with Crippen molar-refractivity contribution < 1.29 is 19.1 Å². The predicted molar refractivity (Wildman–Crippen MR) is 102 cm³/mol. The van der Waals surface area contributed by atoms with Crippen molar-refractivity contribution in [3.8, 4) is 11.5 Å². The molecule has 0 bridgehead atoms. The quantitative estimate of drug-likeness (QED) is 0.811. The van der Waals surface area contributed by atoms with Crippen LogP contribution in [0.3, 0.4) is 0 Å². The fourth-order valence-electron chi connectivity index (χ4n) is 3.93. The highest BCUT2D eigenvalue weighted by atomic mass is 16.5. The molecule has 2 aliphatic heterocycles. The van der Waals surface area contributed by atoms with E-state index in [0.29, 0.717) is 25.4 Å². The van der Waals surface area contributed by atoms with Crippen molar-refractivity contribution in [2.45, 2.75) is 25.8 Å². The van der Waals surface area contributed by atoms with Crippen molar-refractivity contribution in [2.75, 3.05) is 47.9 Å². The molecule has 1 fully saturated rings. The van der Waals surface area contributed by atoms with Crippen LogP contribution in [0.4, 0.5) is 4.79 Å². The molecule has 0 N–H and O–H groups in total. The van der Waals surface area contributed by atoms with E-state index in [0.717, 1.165) is 37.1 Å². The minimum Gasteiger partial charge on any atom is -0.493 e. The highest BCUT2D eigenvalue weighted by Gasteiger charge is 2.32. The van der Waals surface area contributed by atoms with Crippen LogP contribution >= 0.6 is 0 Å². The van der Waals surface area contributed by atoms with E-state index < -0.39 is 0 Å².